The van der Waals surface area contributed by atoms with Crippen molar-refractivity contribution < 1.29 is 8.42 Å². The maximum absolute atomic E-state index is 12.0. The van der Waals surface area contributed by atoms with E-state index in [1.165, 1.54) is 25.5 Å². The fourth-order valence-electron chi connectivity index (χ4n) is 3.40. The van der Waals surface area contributed by atoms with E-state index in [0.717, 1.165) is 25.7 Å². The lowest BCUT2D eigenvalue weighted by molar-refractivity contribution is 0.412. The maximum atomic E-state index is 12.0. The highest BCUT2D eigenvalue weighted by atomic mass is 32.2. The fraction of sp³-hybridized carbons (Fsp3) is 0.929. The molecule has 5 nitrogen and oxygen atoms in total. The molecule has 0 aliphatic heterocycles. The van der Waals surface area contributed by atoms with Crippen molar-refractivity contribution in [1.29, 1.82) is 0 Å². The molecule has 0 spiro atoms. The van der Waals surface area contributed by atoms with Gasteiger partial charge in [-0.2, -0.15) is 0 Å². The highest BCUT2D eigenvalue weighted by molar-refractivity contribution is 7.92. The highest BCUT2D eigenvalue weighted by Gasteiger charge is 2.43. The zero-order valence-electron chi connectivity index (χ0n) is 12.4. The van der Waals surface area contributed by atoms with Crippen molar-refractivity contribution in [3.05, 3.63) is 0 Å². The lowest BCUT2D eigenvalue weighted by Gasteiger charge is -2.26. The Balaban J connectivity index is 1.95. The number of guanidine groups is 1. The van der Waals surface area contributed by atoms with Gasteiger partial charge in [-0.1, -0.05) is 32.1 Å². The minimum Gasteiger partial charge on any atom is -0.370 e. The molecule has 0 bridgehead atoms. The molecule has 0 aromatic carbocycles. The van der Waals surface area contributed by atoms with Crippen LogP contribution in [-0.4, -0.2) is 38.0 Å². The summed E-state index contributed by atoms with van der Waals surface area (Å²) in [6, 6.07) is 0.408. The minimum atomic E-state index is -3.08. The van der Waals surface area contributed by atoms with Gasteiger partial charge in [-0.15, -0.1) is 0 Å². The van der Waals surface area contributed by atoms with Crippen LogP contribution in [-0.2, 0) is 9.84 Å². The molecule has 0 heterocycles. The van der Waals surface area contributed by atoms with E-state index in [4.69, 9.17) is 5.73 Å². The van der Waals surface area contributed by atoms with Gasteiger partial charge in [-0.05, 0) is 25.7 Å². The first kappa shape index (κ1) is 15.6. The Bertz CT molecular complexity index is 447. The van der Waals surface area contributed by atoms with Crippen LogP contribution in [0.2, 0.25) is 0 Å². The predicted molar refractivity (Wildman–Crippen MR) is 82.5 cm³/mol. The zero-order chi connectivity index (χ0) is 14.6. The summed E-state index contributed by atoms with van der Waals surface area (Å²) in [5.41, 5.74) is 5.93. The standard InChI is InChI=1S/C14H27N3O2S/c1-20(18,19)14(9-5-6-10-14)11-16-13(15)17-12-7-3-2-4-8-12/h12H,2-11H2,1H3,(H3,15,16,17). The van der Waals surface area contributed by atoms with Crippen molar-refractivity contribution in [3.63, 3.8) is 0 Å². The third-order valence-electron chi connectivity index (χ3n) is 4.80. The predicted octanol–water partition coefficient (Wildman–Crippen LogP) is 1.58. The molecule has 2 rings (SSSR count). The van der Waals surface area contributed by atoms with Gasteiger partial charge in [0.15, 0.2) is 15.8 Å². The van der Waals surface area contributed by atoms with E-state index in [1.807, 2.05) is 0 Å². The summed E-state index contributed by atoms with van der Waals surface area (Å²) in [5.74, 6) is 0.409. The summed E-state index contributed by atoms with van der Waals surface area (Å²) < 4.78 is 23.4. The van der Waals surface area contributed by atoms with Crippen LogP contribution in [0, 0.1) is 0 Å². The topological polar surface area (TPSA) is 84.5 Å². The minimum absolute atomic E-state index is 0.303. The molecule has 0 saturated heterocycles. The molecule has 2 aliphatic rings. The van der Waals surface area contributed by atoms with Crippen molar-refractivity contribution in [2.75, 3.05) is 12.8 Å². The lowest BCUT2D eigenvalue weighted by atomic mass is 9.96. The number of nitrogens with two attached hydrogens (primary N) is 1. The summed E-state index contributed by atoms with van der Waals surface area (Å²) in [7, 11) is -3.08. The van der Waals surface area contributed by atoms with Gasteiger partial charge >= 0.3 is 0 Å². The van der Waals surface area contributed by atoms with Crippen LogP contribution in [0.5, 0.6) is 0 Å². The van der Waals surface area contributed by atoms with E-state index in [0.29, 0.717) is 31.4 Å². The largest absolute Gasteiger partial charge is 0.370 e. The van der Waals surface area contributed by atoms with Gasteiger partial charge < -0.3 is 11.1 Å². The average Bonchev–Trinajstić information content (AvgIpc) is 2.87. The van der Waals surface area contributed by atoms with Crippen LogP contribution in [0.4, 0.5) is 0 Å². The van der Waals surface area contributed by atoms with Crippen LogP contribution >= 0.6 is 0 Å². The molecule has 2 saturated carbocycles. The van der Waals surface area contributed by atoms with Gasteiger partial charge in [0.2, 0.25) is 0 Å². The molecule has 0 atom stereocenters. The summed E-state index contributed by atoms with van der Waals surface area (Å²) in [4.78, 5) is 4.34. The van der Waals surface area contributed by atoms with Gasteiger partial charge in [0, 0.05) is 12.3 Å². The van der Waals surface area contributed by atoms with Gasteiger partial charge in [-0.3, -0.25) is 4.99 Å². The number of hydrogen-bond donors (Lipinski definition) is 2. The van der Waals surface area contributed by atoms with Crippen LogP contribution in [0.15, 0.2) is 4.99 Å². The van der Waals surface area contributed by atoms with E-state index in [2.05, 4.69) is 10.3 Å². The Hall–Kier alpha value is -0.780. The average molecular weight is 301 g/mol. The van der Waals surface area contributed by atoms with E-state index < -0.39 is 14.6 Å². The molecular formula is C14H27N3O2S. The first-order chi connectivity index (χ1) is 9.43. The molecule has 2 fully saturated rings. The second kappa shape index (κ2) is 6.33. The van der Waals surface area contributed by atoms with Crippen LogP contribution in [0.3, 0.4) is 0 Å². The SMILES string of the molecule is CS(=O)(=O)C1(CN=C(N)NC2CCCCC2)CCCC1. The third-order valence-corrected chi connectivity index (χ3v) is 6.91. The Labute approximate surface area is 122 Å². The first-order valence-corrected chi connectivity index (χ1v) is 9.58. The summed E-state index contributed by atoms with van der Waals surface area (Å²) in [6.45, 7) is 0.303. The Morgan fingerprint density at radius 3 is 2.35 bits per heavy atom. The van der Waals surface area contributed by atoms with E-state index in [9.17, 15) is 8.42 Å². The number of nitrogens with one attached hydrogen (secondary N) is 1. The third kappa shape index (κ3) is 3.65. The normalized spacial score (nSPS) is 24.8. The van der Waals surface area contributed by atoms with Crippen molar-refractivity contribution in [3.8, 4) is 0 Å². The fourth-order valence-corrected chi connectivity index (χ4v) is 4.73. The van der Waals surface area contributed by atoms with Crippen molar-refractivity contribution in [2.45, 2.75) is 68.6 Å². The zero-order valence-corrected chi connectivity index (χ0v) is 13.2. The molecule has 20 heavy (non-hydrogen) atoms. The summed E-state index contributed by atoms with van der Waals surface area (Å²) >= 11 is 0. The number of hydrogen-bond acceptors (Lipinski definition) is 3. The number of sulfone groups is 1. The smallest absolute Gasteiger partial charge is 0.188 e. The first-order valence-electron chi connectivity index (χ1n) is 7.69. The molecule has 2 aliphatic carbocycles. The van der Waals surface area contributed by atoms with Crippen molar-refractivity contribution in [2.24, 2.45) is 10.7 Å². The van der Waals surface area contributed by atoms with Gasteiger partial charge in [0.1, 0.15) is 0 Å². The number of aliphatic imine (C=N–C) groups is 1. The Morgan fingerprint density at radius 1 is 1.20 bits per heavy atom. The van der Waals surface area contributed by atoms with Gasteiger partial charge in [0.25, 0.3) is 0 Å². The number of rotatable bonds is 4. The van der Waals surface area contributed by atoms with E-state index in [-0.39, 0.29) is 0 Å². The maximum Gasteiger partial charge on any atom is 0.188 e. The van der Waals surface area contributed by atoms with Crippen LogP contribution in [0.25, 0.3) is 0 Å². The quantitative estimate of drug-likeness (QED) is 0.610. The second-order valence-corrected chi connectivity index (χ2v) is 8.75. The molecule has 0 radical (unpaired) electrons. The number of nitrogens with zero attached hydrogens (tertiary/aromatic N) is 1. The van der Waals surface area contributed by atoms with Crippen LogP contribution < -0.4 is 11.1 Å². The monoisotopic (exact) mass is 301 g/mol. The molecule has 0 amide bonds. The highest BCUT2D eigenvalue weighted by Crippen LogP contribution is 2.36. The second-order valence-electron chi connectivity index (χ2n) is 6.34. The summed E-state index contributed by atoms with van der Waals surface area (Å²) in [6.07, 6.45) is 10.7. The van der Waals surface area contributed by atoms with Crippen molar-refractivity contribution in [1.82, 2.24) is 5.32 Å². The van der Waals surface area contributed by atoms with Crippen LogP contribution in [0.1, 0.15) is 57.8 Å². The van der Waals surface area contributed by atoms with Gasteiger partial charge in [0.05, 0.1) is 11.3 Å². The Morgan fingerprint density at radius 2 is 1.80 bits per heavy atom. The molecule has 3 N–H and O–H groups in total. The van der Waals surface area contributed by atoms with Gasteiger partial charge in [-0.25, -0.2) is 8.42 Å². The Kier molecular flexibility index (Phi) is 4.94. The molecule has 0 aromatic heterocycles. The van der Waals surface area contributed by atoms with E-state index >= 15 is 0 Å². The molecule has 0 unspecified atom stereocenters. The molecule has 116 valence electrons. The van der Waals surface area contributed by atoms with E-state index in [1.54, 1.807) is 0 Å². The lowest BCUT2D eigenvalue weighted by Crippen LogP contribution is -2.43. The molecule has 0 aromatic rings. The summed E-state index contributed by atoms with van der Waals surface area (Å²) in [5, 5.41) is 3.24. The van der Waals surface area contributed by atoms with Crippen molar-refractivity contribution >= 4 is 15.8 Å². The molecule has 6 heteroatoms. The molecular weight excluding hydrogens is 274 g/mol.